The number of pyridine rings is 1. The molecule has 12 heteroatoms. The summed E-state index contributed by atoms with van der Waals surface area (Å²) in [7, 11) is 2.12. The van der Waals surface area contributed by atoms with Gasteiger partial charge in [0.2, 0.25) is 5.95 Å². The Kier molecular flexibility index (Phi) is 6.59. The fourth-order valence-electron chi connectivity index (χ4n) is 5.39. The Bertz CT molecular complexity index is 1630. The van der Waals surface area contributed by atoms with Gasteiger partial charge < -0.3 is 20.2 Å². The lowest BCUT2D eigenvalue weighted by Crippen LogP contribution is -2.44. The third kappa shape index (κ3) is 4.42. The van der Waals surface area contributed by atoms with Crippen molar-refractivity contribution in [2.75, 3.05) is 43.4 Å². The van der Waals surface area contributed by atoms with Crippen LogP contribution in [0.15, 0.2) is 60.0 Å². The number of aryl methyl sites for hydroxylation is 1. The number of aliphatic hydroxyl groups is 1. The summed E-state index contributed by atoms with van der Waals surface area (Å²) in [6, 6.07) is 11.3. The van der Waals surface area contributed by atoms with E-state index in [1.807, 2.05) is 24.3 Å². The van der Waals surface area contributed by atoms with Crippen molar-refractivity contribution < 1.29 is 13.9 Å². The fourth-order valence-corrected chi connectivity index (χ4v) is 5.39. The molecule has 1 atom stereocenters. The molecule has 4 aromatic rings. The molecule has 6 rings (SSSR count). The topological polar surface area (TPSA) is 104 Å². The Balaban J connectivity index is 1.36. The summed E-state index contributed by atoms with van der Waals surface area (Å²) < 4.78 is 30.4. The minimum atomic E-state index is -2.99. The zero-order chi connectivity index (χ0) is 28.0. The van der Waals surface area contributed by atoms with E-state index in [-0.39, 0.29) is 47.0 Å². The number of hydrogen-bond acceptors (Lipinski definition) is 8. The Morgan fingerprint density at radius 1 is 1.12 bits per heavy atom. The molecule has 0 bridgehead atoms. The van der Waals surface area contributed by atoms with Crippen LogP contribution in [0.4, 0.5) is 26.1 Å². The van der Waals surface area contributed by atoms with Gasteiger partial charge in [-0.2, -0.15) is 4.98 Å². The molecule has 0 amide bonds. The quantitative estimate of drug-likeness (QED) is 0.340. The first-order valence-corrected chi connectivity index (χ1v) is 13.2. The van der Waals surface area contributed by atoms with E-state index in [4.69, 9.17) is 0 Å². The summed E-state index contributed by atoms with van der Waals surface area (Å²) in [4.78, 5) is 31.3. The summed E-state index contributed by atoms with van der Waals surface area (Å²) >= 11 is 0. The minimum Gasteiger partial charge on any atom is -0.378 e. The molecule has 10 nitrogen and oxygen atoms in total. The Morgan fingerprint density at radius 3 is 2.58 bits per heavy atom. The Morgan fingerprint density at radius 2 is 1.88 bits per heavy atom. The maximum absolute atomic E-state index is 13.8. The maximum Gasteiger partial charge on any atom is 0.278 e. The average Bonchev–Trinajstić information content (AvgIpc) is 3.44. The highest BCUT2D eigenvalue weighted by Crippen LogP contribution is 2.40. The molecule has 0 saturated carbocycles. The molecule has 2 N–H and O–H groups in total. The van der Waals surface area contributed by atoms with Crippen LogP contribution in [0.2, 0.25) is 0 Å². The molecule has 0 unspecified atom stereocenters. The van der Waals surface area contributed by atoms with Crippen molar-refractivity contribution in [2.24, 2.45) is 0 Å². The lowest BCUT2D eigenvalue weighted by Gasteiger charge is -2.34. The van der Waals surface area contributed by atoms with Crippen LogP contribution in [0.3, 0.4) is 0 Å². The molecule has 1 aromatic carbocycles. The van der Waals surface area contributed by atoms with E-state index >= 15 is 0 Å². The smallest absolute Gasteiger partial charge is 0.278 e. The number of nitrogens with zero attached hydrogens (tertiary/aromatic N) is 7. The molecule has 1 saturated heterocycles. The van der Waals surface area contributed by atoms with E-state index in [0.29, 0.717) is 12.0 Å². The first-order chi connectivity index (χ1) is 19.3. The first kappa shape index (κ1) is 26.1. The molecule has 1 fully saturated rings. The second kappa shape index (κ2) is 10.1. The van der Waals surface area contributed by atoms with E-state index in [2.05, 4.69) is 43.7 Å². The lowest BCUT2D eigenvalue weighted by molar-refractivity contribution is -0.103. The van der Waals surface area contributed by atoms with Crippen molar-refractivity contribution in [3.63, 3.8) is 0 Å². The predicted octanol–water partition coefficient (Wildman–Crippen LogP) is 3.06. The predicted molar refractivity (Wildman–Crippen MR) is 149 cm³/mol. The first-order valence-electron chi connectivity index (χ1n) is 13.2. The van der Waals surface area contributed by atoms with Crippen molar-refractivity contribution in [1.29, 1.82) is 0 Å². The number of allylic oxidation sites excluding steroid dienone is 1. The normalized spacial score (nSPS) is 19.4. The van der Waals surface area contributed by atoms with Gasteiger partial charge in [0.25, 0.3) is 12.0 Å². The molecule has 2 aliphatic rings. The van der Waals surface area contributed by atoms with Crippen LogP contribution < -0.4 is 15.8 Å². The summed E-state index contributed by atoms with van der Waals surface area (Å²) in [5.74, 6) is 0.449. The van der Waals surface area contributed by atoms with Crippen LogP contribution >= 0.6 is 0 Å². The zero-order valence-corrected chi connectivity index (χ0v) is 22.1. The van der Waals surface area contributed by atoms with Gasteiger partial charge in [-0.05, 0) is 55.8 Å². The van der Waals surface area contributed by atoms with E-state index < -0.39 is 12.0 Å². The number of nitrogens with one attached hydrogen (secondary N) is 1. The maximum atomic E-state index is 13.8. The molecular formula is C28H30F2N8O2. The highest BCUT2D eigenvalue weighted by atomic mass is 19.3. The van der Waals surface area contributed by atoms with Gasteiger partial charge in [-0.3, -0.25) is 4.79 Å². The van der Waals surface area contributed by atoms with E-state index in [1.54, 1.807) is 18.2 Å². The van der Waals surface area contributed by atoms with Crippen molar-refractivity contribution in [1.82, 2.24) is 29.2 Å². The van der Waals surface area contributed by atoms with E-state index in [1.165, 1.54) is 15.6 Å². The van der Waals surface area contributed by atoms with Crippen LogP contribution in [0, 0.1) is 0 Å². The molecule has 208 valence electrons. The number of hydrogen-bond donors (Lipinski definition) is 2. The van der Waals surface area contributed by atoms with Crippen molar-refractivity contribution >= 4 is 28.4 Å². The van der Waals surface area contributed by atoms with Crippen molar-refractivity contribution in [2.45, 2.75) is 31.4 Å². The van der Waals surface area contributed by atoms with Gasteiger partial charge in [-0.25, -0.2) is 28.1 Å². The van der Waals surface area contributed by atoms with Gasteiger partial charge in [0.15, 0.2) is 17.1 Å². The number of rotatable bonds is 7. The molecule has 1 aliphatic heterocycles. The SMILES string of the molecule is C=CCn1c(=O)c2cnc(Nc3ccc(N4CCN(C)CC4)cc3)nc2n1-c1ccc2c(n1)[C@@](O)(C(F)F)CC2. The van der Waals surface area contributed by atoms with Crippen molar-refractivity contribution in [3.8, 4) is 5.82 Å². The standard InChI is InChI=1S/C28H30F2N8O2/c1-3-12-37-25(39)21-17-31-27(32-19-5-7-20(8-6-19)36-15-13-35(2)14-16-36)34-24(21)38(37)22-9-4-18-10-11-28(40,26(29)30)23(18)33-22/h3-9,17,26,40H,1,10-16H2,2H3,(H,31,32,34)/t28-/m1/s1. The Labute approximate surface area is 229 Å². The van der Waals surface area contributed by atoms with Crippen LogP contribution in [-0.4, -0.2) is 74.0 Å². The largest absolute Gasteiger partial charge is 0.378 e. The summed E-state index contributed by atoms with van der Waals surface area (Å²) in [5.41, 5.74) is -0.0691. The number of piperazine rings is 1. The number of likely N-dealkylation sites (N-methyl/N-ethyl adjacent to an activating group) is 1. The van der Waals surface area contributed by atoms with Crippen LogP contribution in [0.25, 0.3) is 16.9 Å². The molecule has 1 aliphatic carbocycles. The number of fused-ring (bicyclic) bond motifs is 2. The minimum absolute atomic E-state index is 0.0766. The molecule has 0 radical (unpaired) electrons. The molecule has 3 aromatic heterocycles. The highest BCUT2D eigenvalue weighted by Gasteiger charge is 2.46. The van der Waals surface area contributed by atoms with Gasteiger partial charge in [0.1, 0.15) is 5.39 Å². The van der Waals surface area contributed by atoms with Crippen LogP contribution in [-0.2, 0) is 18.6 Å². The van der Waals surface area contributed by atoms with E-state index in [9.17, 15) is 18.7 Å². The third-order valence-corrected chi connectivity index (χ3v) is 7.70. The second-order valence-corrected chi connectivity index (χ2v) is 10.3. The van der Waals surface area contributed by atoms with Crippen LogP contribution in [0.5, 0.6) is 0 Å². The van der Waals surface area contributed by atoms with Crippen molar-refractivity contribution in [3.05, 3.63) is 76.9 Å². The van der Waals surface area contributed by atoms with Gasteiger partial charge in [0.05, 0.1) is 12.2 Å². The monoisotopic (exact) mass is 548 g/mol. The number of halogens is 2. The molecular weight excluding hydrogens is 518 g/mol. The van der Waals surface area contributed by atoms with Gasteiger partial charge >= 0.3 is 0 Å². The zero-order valence-electron chi connectivity index (χ0n) is 22.1. The summed E-state index contributed by atoms with van der Waals surface area (Å²) in [6.07, 6.45) is 0.165. The molecule has 4 heterocycles. The summed E-state index contributed by atoms with van der Waals surface area (Å²) in [6.45, 7) is 7.83. The second-order valence-electron chi connectivity index (χ2n) is 10.3. The van der Waals surface area contributed by atoms with Crippen LogP contribution in [0.1, 0.15) is 17.7 Å². The third-order valence-electron chi connectivity index (χ3n) is 7.70. The number of benzene rings is 1. The van der Waals surface area contributed by atoms with Gasteiger partial charge in [-0.1, -0.05) is 12.1 Å². The van der Waals surface area contributed by atoms with E-state index in [0.717, 1.165) is 37.6 Å². The molecule has 40 heavy (non-hydrogen) atoms. The summed E-state index contributed by atoms with van der Waals surface area (Å²) in [5, 5.41) is 14.1. The van der Waals surface area contributed by atoms with Gasteiger partial charge in [0, 0.05) is 43.8 Å². The average molecular weight is 549 g/mol. The highest BCUT2D eigenvalue weighted by molar-refractivity contribution is 5.77. The lowest BCUT2D eigenvalue weighted by atomic mass is 10.0. The van der Waals surface area contributed by atoms with Gasteiger partial charge in [-0.15, -0.1) is 6.58 Å². The number of anilines is 3. The fraction of sp³-hybridized carbons (Fsp3) is 0.357. The Hall–Kier alpha value is -4.16. The number of aromatic nitrogens is 5. The number of alkyl halides is 2. The molecule has 0 spiro atoms.